The fourth-order valence-corrected chi connectivity index (χ4v) is 1.93. The first-order valence-corrected chi connectivity index (χ1v) is 4.78. The molecule has 0 aromatic heterocycles. The van der Waals surface area contributed by atoms with Gasteiger partial charge in [-0.2, -0.15) is 0 Å². The van der Waals surface area contributed by atoms with Gasteiger partial charge in [0.25, 0.3) is 0 Å². The quantitative estimate of drug-likeness (QED) is 0.725. The van der Waals surface area contributed by atoms with E-state index in [2.05, 4.69) is 6.92 Å². The predicted molar refractivity (Wildman–Crippen MR) is 45.6 cm³/mol. The monoisotopic (exact) mass is 202 g/mol. The van der Waals surface area contributed by atoms with Crippen molar-refractivity contribution in [3.63, 3.8) is 0 Å². The largest absolute Gasteiger partial charge is 0.475 e. The maximum absolute atomic E-state index is 10.8. The Bertz CT molecular complexity index is 225. The van der Waals surface area contributed by atoms with Crippen LogP contribution in [-0.4, -0.2) is 36.9 Å². The Morgan fingerprint density at radius 2 is 1.79 bits per heavy atom. The van der Waals surface area contributed by atoms with Gasteiger partial charge >= 0.3 is 11.9 Å². The van der Waals surface area contributed by atoms with Crippen LogP contribution in [-0.2, 0) is 19.0 Å². The zero-order chi connectivity index (χ0) is 10.2. The second kappa shape index (κ2) is 3.18. The zero-order valence-corrected chi connectivity index (χ0v) is 8.12. The minimum absolute atomic E-state index is 0.133. The lowest BCUT2D eigenvalue weighted by Crippen LogP contribution is -2.63. The molecule has 0 spiro atoms. The fourth-order valence-electron chi connectivity index (χ4n) is 1.93. The van der Waals surface area contributed by atoms with Gasteiger partial charge < -0.3 is 19.3 Å². The molecule has 5 nitrogen and oxygen atoms in total. The number of hydrogen-bond acceptors (Lipinski definition) is 4. The predicted octanol–water partition coefficient (Wildman–Crippen LogP) is 0.588. The molecule has 0 atom stereocenters. The average Bonchev–Trinajstić information content (AvgIpc) is 2.20. The number of carbonyl (C=O) groups is 1. The van der Waals surface area contributed by atoms with Crippen molar-refractivity contribution in [2.24, 2.45) is 5.41 Å². The lowest BCUT2D eigenvalue weighted by Gasteiger charge is -2.49. The van der Waals surface area contributed by atoms with Gasteiger partial charge in [-0.05, 0) is 6.42 Å². The Hall–Kier alpha value is -0.650. The standard InChI is InChI=1S/C9H14O5/c1-2-3-8-4-12-9(7(10)11,13-5-8)14-6-8/h2-6H2,1H3,(H,10,11). The van der Waals surface area contributed by atoms with Crippen molar-refractivity contribution in [3.05, 3.63) is 0 Å². The van der Waals surface area contributed by atoms with Gasteiger partial charge in [0.1, 0.15) is 0 Å². The summed E-state index contributed by atoms with van der Waals surface area (Å²) >= 11 is 0. The van der Waals surface area contributed by atoms with E-state index in [1.54, 1.807) is 0 Å². The maximum Gasteiger partial charge on any atom is 0.395 e. The molecule has 3 saturated heterocycles. The first kappa shape index (κ1) is 9.89. The van der Waals surface area contributed by atoms with Crippen molar-refractivity contribution >= 4 is 5.97 Å². The number of aliphatic carboxylic acids is 1. The Morgan fingerprint density at radius 3 is 2.14 bits per heavy atom. The molecule has 3 fully saturated rings. The van der Waals surface area contributed by atoms with Gasteiger partial charge in [0.2, 0.25) is 0 Å². The van der Waals surface area contributed by atoms with E-state index < -0.39 is 11.9 Å². The first-order valence-electron chi connectivity index (χ1n) is 4.78. The van der Waals surface area contributed by atoms with Gasteiger partial charge in [-0.1, -0.05) is 13.3 Å². The van der Waals surface area contributed by atoms with Crippen LogP contribution < -0.4 is 0 Å². The molecule has 5 heteroatoms. The van der Waals surface area contributed by atoms with Gasteiger partial charge in [0.05, 0.1) is 19.8 Å². The summed E-state index contributed by atoms with van der Waals surface area (Å²) < 4.78 is 15.4. The highest BCUT2D eigenvalue weighted by molar-refractivity contribution is 5.74. The molecule has 3 heterocycles. The number of carboxylic acid groups (broad SMARTS) is 1. The van der Waals surface area contributed by atoms with E-state index in [-0.39, 0.29) is 5.41 Å². The van der Waals surface area contributed by atoms with Gasteiger partial charge in [-0.25, -0.2) is 4.79 Å². The molecular weight excluding hydrogens is 188 g/mol. The Balaban J connectivity index is 2.09. The number of rotatable bonds is 3. The van der Waals surface area contributed by atoms with Gasteiger partial charge in [-0.15, -0.1) is 0 Å². The van der Waals surface area contributed by atoms with Crippen LogP contribution >= 0.6 is 0 Å². The highest BCUT2D eigenvalue weighted by Crippen LogP contribution is 2.41. The lowest BCUT2D eigenvalue weighted by molar-refractivity contribution is -0.448. The molecule has 0 radical (unpaired) electrons. The lowest BCUT2D eigenvalue weighted by atomic mass is 9.84. The van der Waals surface area contributed by atoms with Gasteiger partial charge in [0.15, 0.2) is 0 Å². The first-order chi connectivity index (χ1) is 6.63. The minimum Gasteiger partial charge on any atom is -0.475 e. The molecule has 1 N–H and O–H groups in total. The number of fused-ring (bicyclic) bond motifs is 3. The zero-order valence-electron chi connectivity index (χ0n) is 8.12. The van der Waals surface area contributed by atoms with Crippen LogP contribution in [0.3, 0.4) is 0 Å². The molecule has 2 bridgehead atoms. The Labute approximate surface area is 81.9 Å². The maximum atomic E-state index is 10.8. The molecule has 3 aliphatic heterocycles. The van der Waals surface area contributed by atoms with E-state index in [0.29, 0.717) is 19.8 Å². The summed E-state index contributed by atoms with van der Waals surface area (Å²) in [7, 11) is 0. The SMILES string of the molecule is CCCC12COC(C(=O)O)(OC1)OC2. The third-order valence-corrected chi connectivity index (χ3v) is 2.75. The molecule has 3 rings (SSSR count). The molecule has 0 aromatic rings. The van der Waals surface area contributed by atoms with Crippen LogP contribution in [0.4, 0.5) is 0 Å². The molecule has 0 amide bonds. The number of hydrogen-bond donors (Lipinski definition) is 1. The highest BCUT2D eigenvalue weighted by atomic mass is 16.9. The molecule has 0 aromatic carbocycles. The summed E-state index contributed by atoms with van der Waals surface area (Å²) in [6.07, 6.45) is 1.94. The van der Waals surface area contributed by atoms with Crippen molar-refractivity contribution in [2.75, 3.05) is 19.8 Å². The van der Waals surface area contributed by atoms with Crippen LogP contribution in [0.5, 0.6) is 0 Å². The van der Waals surface area contributed by atoms with E-state index in [1.165, 1.54) is 0 Å². The van der Waals surface area contributed by atoms with Crippen LogP contribution in [0.15, 0.2) is 0 Å². The van der Waals surface area contributed by atoms with Crippen molar-refractivity contribution < 1.29 is 24.1 Å². The molecule has 80 valence electrons. The number of carboxylic acids is 1. The third-order valence-electron chi connectivity index (χ3n) is 2.75. The van der Waals surface area contributed by atoms with Crippen LogP contribution in [0, 0.1) is 5.41 Å². The summed E-state index contributed by atoms with van der Waals surface area (Å²) in [4.78, 5) is 10.8. The van der Waals surface area contributed by atoms with E-state index in [0.717, 1.165) is 12.8 Å². The highest BCUT2D eigenvalue weighted by Gasteiger charge is 2.57. The van der Waals surface area contributed by atoms with Gasteiger partial charge in [-0.3, -0.25) is 0 Å². The van der Waals surface area contributed by atoms with Crippen molar-refractivity contribution in [2.45, 2.75) is 25.7 Å². The van der Waals surface area contributed by atoms with Crippen LogP contribution in [0.25, 0.3) is 0 Å². The minimum atomic E-state index is -1.82. The molecule has 0 saturated carbocycles. The van der Waals surface area contributed by atoms with Crippen molar-refractivity contribution in [3.8, 4) is 0 Å². The normalized spacial score (nSPS) is 41.2. The van der Waals surface area contributed by atoms with Crippen LogP contribution in [0.1, 0.15) is 19.8 Å². The summed E-state index contributed by atoms with van der Waals surface area (Å²) in [5.41, 5.74) is -0.133. The van der Waals surface area contributed by atoms with Crippen molar-refractivity contribution in [1.82, 2.24) is 0 Å². The fraction of sp³-hybridized carbons (Fsp3) is 0.889. The summed E-state index contributed by atoms with van der Waals surface area (Å²) in [5.74, 6) is -3.03. The van der Waals surface area contributed by atoms with E-state index in [1.807, 2.05) is 0 Å². The third kappa shape index (κ3) is 1.32. The smallest absolute Gasteiger partial charge is 0.395 e. The molecule has 3 aliphatic rings. The Kier molecular flexibility index (Phi) is 2.25. The van der Waals surface area contributed by atoms with E-state index in [4.69, 9.17) is 19.3 Å². The molecular formula is C9H14O5. The van der Waals surface area contributed by atoms with Crippen LogP contribution in [0.2, 0.25) is 0 Å². The number of ether oxygens (including phenoxy) is 3. The second-order valence-electron chi connectivity index (χ2n) is 3.98. The Morgan fingerprint density at radius 1 is 1.29 bits per heavy atom. The molecule has 14 heavy (non-hydrogen) atoms. The van der Waals surface area contributed by atoms with Gasteiger partial charge in [0, 0.05) is 5.41 Å². The summed E-state index contributed by atoms with van der Waals surface area (Å²) in [6.45, 7) is 3.30. The second-order valence-corrected chi connectivity index (χ2v) is 3.98. The van der Waals surface area contributed by atoms with Crippen molar-refractivity contribution in [1.29, 1.82) is 0 Å². The topological polar surface area (TPSA) is 65.0 Å². The van der Waals surface area contributed by atoms with E-state index in [9.17, 15) is 4.79 Å². The average molecular weight is 202 g/mol. The summed E-state index contributed by atoms with van der Waals surface area (Å²) in [5, 5.41) is 8.85. The molecule has 0 unspecified atom stereocenters. The summed E-state index contributed by atoms with van der Waals surface area (Å²) in [6, 6.07) is 0. The van der Waals surface area contributed by atoms with E-state index >= 15 is 0 Å². The molecule has 0 aliphatic carbocycles.